The van der Waals surface area contributed by atoms with Crippen molar-refractivity contribution in [3.63, 3.8) is 0 Å². The van der Waals surface area contributed by atoms with E-state index in [0.717, 1.165) is 5.38 Å². The Kier molecular flexibility index (Phi) is 4.31. The van der Waals surface area contributed by atoms with Crippen LogP contribution in [0.3, 0.4) is 0 Å². The highest BCUT2D eigenvalue weighted by Gasteiger charge is 2.41. The summed E-state index contributed by atoms with van der Waals surface area (Å²) in [6.07, 6.45) is -5.34. The first kappa shape index (κ1) is 16.6. The first-order chi connectivity index (χ1) is 9.47. The van der Waals surface area contributed by atoms with Crippen LogP contribution in [0, 0.1) is 5.92 Å². The van der Waals surface area contributed by atoms with Crippen LogP contribution in [-0.4, -0.2) is 25.1 Å². The molecule has 0 aromatic carbocycles. The molecule has 1 aliphatic carbocycles. The van der Waals surface area contributed by atoms with Crippen LogP contribution in [0.1, 0.15) is 30.0 Å². The molecule has 3 nitrogen and oxygen atoms in total. The highest BCUT2D eigenvalue weighted by Crippen LogP contribution is 2.39. The molecule has 1 saturated carbocycles. The van der Waals surface area contributed by atoms with Gasteiger partial charge in [0.05, 0.1) is 5.75 Å². The second-order valence-corrected chi connectivity index (χ2v) is 8.20. The smallest absolute Gasteiger partial charge is 0.236 e. The first-order valence-corrected chi connectivity index (χ1v) is 8.77. The molecule has 0 saturated heterocycles. The lowest BCUT2D eigenvalue weighted by molar-refractivity contribution is -0.140. The molecule has 1 aromatic heterocycles. The third-order valence-electron chi connectivity index (χ3n) is 3.18. The van der Waals surface area contributed by atoms with Gasteiger partial charge in [0.2, 0.25) is 5.92 Å². The van der Waals surface area contributed by atoms with Crippen molar-refractivity contribution in [1.82, 2.24) is 4.98 Å². The lowest BCUT2D eigenvalue weighted by Gasteiger charge is -2.10. The quantitative estimate of drug-likeness (QED) is 0.782. The number of hydrogen-bond acceptors (Lipinski definition) is 4. The number of thiazole rings is 1. The summed E-state index contributed by atoms with van der Waals surface area (Å²) < 4.78 is 86.8. The lowest BCUT2D eigenvalue weighted by atomic mass is 10.1. The van der Waals surface area contributed by atoms with Crippen molar-refractivity contribution in [1.29, 1.82) is 0 Å². The van der Waals surface area contributed by atoms with Gasteiger partial charge in [-0.3, -0.25) is 0 Å². The third kappa shape index (κ3) is 4.60. The highest BCUT2D eigenvalue weighted by atomic mass is 32.2. The minimum Gasteiger partial charge on any atom is -0.236 e. The van der Waals surface area contributed by atoms with Crippen LogP contribution in [0.2, 0.25) is 0 Å². The molecule has 0 aliphatic heterocycles. The molecule has 21 heavy (non-hydrogen) atoms. The zero-order valence-electron chi connectivity index (χ0n) is 10.7. The standard InChI is InChI=1S/C11H12F5NO2S2/c12-10(13)2-1-7(3-10)5-21(18,19)6-9-17-8(4-20-9)11(14,15)16/h4,7H,1-3,5-6H2. The van der Waals surface area contributed by atoms with E-state index in [2.05, 4.69) is 4.98 Å². The number of hydrogen-bond donors (Lipinski definition) is 0. The normalized spacial score (nSPS) is 22.6. The van der Waals surface area contributed by atoms with Gasteiger partial charge in [-0.25, -0.2) is 22.2 Å². The maximum absolute atomic E-state index is 13.0. The van der Waals surface area contributed by atoms with Crippen molar-refractivity contribution >= 4 is 21.2 Å². The van der Waals surface area contributed by atoms with Crippen LogP contribution < -0.4 is 0 Å². The summed E-state index contributed by atoms with van der Waals surface area (Å²) in [6, 6.07) is 0. The zero-order chi connectivity index (χ0) is 15.9. The van der Waals surface area contributed by atoms with E-state index in [1.54, 1.807) is 0 Å². The monoisotopic (exact) mass is 349 g/mol. The topological polar surface area (TPSA) is 47.0 Å². The Morgan fingerprint density at radius 2 is 2.05 bits per heavy atom. The van der Waals surface area contributed by atoms with Gasteiger partial charge < -0.3 is 0 Å². The maximum atomic E-state index is 13.0. The Morgan fingerprint density at radius 3 is 2.52 bits per heavy atom. The Balaban J connectivity index is 2.00. The van der Waals surface area contributed by atoms with Crippen LogP contribution in [0.15, 0.2) is 5.38 Å². The van der Waals surface area contributed by atoms with E-state index in [1.165, 1.54) is 0 Å². The Bertz CT molecular complexity index is 608. The number of aromatic nitrogens is 1. The molecular weight excluding hydrogens is 337 g/mol. The summed E-state index contributed by atoms with van der Waals surface area (Å²) in [5.74, 6) is -4.57. The Hall–Kier alpha value is -0.770. The van der Waals surface area contributed by atoms with E-state index >= 15 is 0 Å². The highest BCUT2D eigenvalue weighted by molar-refractivity contribution is 7.90. The minimum absolute atomic E-state index is 0.109. The van der Waals surface area contributed by atoms with Gasteiger partial charge in [-0.1, -0.05) is 0 Å². The van der Waals surface area contributed by atoms with Gasteiger partial charge in [-0.15, -0.1) is 11.3 Å². The molecule has 120 valence electrons. The van der Waals surface area contributed by atoms with Gasteiger partial charge in [0.15, 0.2) is 15.5 Å². The van der Waals surface area contributed by atoms with Crippen molar-refractivity contribution in [2.24, 2.45) is 5.92 Å². The van der Waals surface area contributed by atoms with Gasteiger partial charge in [0.25, 0.3) is 0 Å². The summed E-state index contributed by atoms with van der Waals surface area (Å²) in [5, 5.41) is 0.571. The molecule has 10 heteroatoms. The second kappa shape index (κ2) is 5.45. The number of sulfone groups is 1. The fraction of sp³-hybridized carbons (Fsp3) is 0.727. The Morgan fingerprint density at radius 1 is 1.38 bits per heavy atom. The van der Waals surface area contributed by atoms with Crippen molar-refractivity contribution in [2.45, 2.75) is 37.1 Å². The molecule has 2 rings (SSSR count). The lowest BCUT2D eigenvalue weighted by Crippen LogP contribution is -2.18. The maximum Gasteiger partial charge on any atom is 0.434 e. The summed E-state index contributed by atoms with van der Waals surface area (Å²) in [4.78, 5) is 3.24. The minimum atomic E-state index is -4.62. The van der Waals surface area contributed by atoms with Gasteiger partial charge >= 0.3 is 6.18 Å². The van der Waals surface area contributed by atoms with Gasteiger partial charge in [-0.2, -0.15) is 13.2 Å². The average molecular weight is 349 g/mol. The molecule has 1 atom stereocenters. The first-order valence-electron chi connectivity index (χ1n) is 6.07. The SMILES string of the molecule is O=S(=O)(Cc1nc(C(F)(F)F)cs1)CC1CCC(F)(F)C1. The molecule has 0 bridgehead atoms. The van der Waals surface area contributed by atoms with Gasteiger partial charge in [-0.05, 0) is 12.3 Å². The average Bonchev–Trinajstić information content (AvgIpc) is 2.83. The van der Waals surface area contributed by atoms with Crippen LogP contribution in [0.4, 0.5) is 22.0 Å². The summed E-state index contributed by atoms with van der Waals surface area (Å²) in [6.45, 7) is 0. The summed E-state index contributed by atoms with van der Waals surface area (Å²) >= 11 is 0.603. The summed E-state index contributed by atoms with van der Waals surface area (Å²) in [7, 11) is -3.75. The van der Waals surface area contributed by atoms with E-state index in [1.807, 2.05) is 0 Å². The molecule has 1 aromatic rings. The van der Waals surface area contributed by atoms with Crippen molar-refractivity contribution in [3.8, 4) is 0 Å². The van der Waals surface area contributed by atoms with Gasteiger partial charge in [0, 0.05) is 18.2 Å². The van der Waals surface area contributed by atoms with Crippen molar-refractivity contribution < 1.29 is 30.4 Å². The second-order valence-electron chi connectivity index (χ2n) is 5.14. The molecule has 0 radical (unpaired) electrons. The fourth-order valence-corrected chi connectivity index (χ4v) is 5.25. The molecule has 1 aliphatic rings. The molecule has 0 N–H and O–H groups in total. The van der Waals surface area contributed by atoms with E-state index in [9.17, 15) is 30.4 Å². The Labute approximate surface area is 122 Å². The predicted molar refractivity (Wildman–Crippen MR) is 66.9 cm³/mol. The third-order valence-corrected chi connectivity index (χ3v) is 5.90. The summed E-state index contributed by atoms with van der Waals surface area (Å²) in [5.41, 5.74) is -1.13. The molecule has 1 heterocycles. The van der Waals surface area contributed by atoms with Crippen LogP contribution in [0.25, 0.3) is 0 Å². The van der Waals surface area contributed by atoms with E-state index in [0.29, 0.717) is 11.3 Å². The van der Waals surface area contributed by atoms with E-state index < -0.39 is 51.5 Å². The number of alkyl halides is 5. The van der Waals surface area contributed by atoms with E-state index in [4.69, 9.17) is 0 Å². The molecule has 0 amide bonds. The molecule has 0 spiro atoms. The van der Waals surface area contributed by atoms with Crippen LogP contribution in [0.5, 0.6) is 0 Å². The number of nitrogens with zero attached hydrogens (tertiary/aromatic N) is 1. The van der Waals surface area contributed by atoms with Crippen molar-refractivity contribution in [3.05, 3.63) is 16.1 Å². The zero-order valence-corrected chi connectivity index (χ0v) is 12.3. The van der Waals surface area contributed by atoms with Crippen molar-refractivity contribution in [2.75, 3.05) is 5.75 Å². The van der Waals surface area contributed by atoms with Crippen LogP contribution >= 0.6 is 11.3 Å². The fourth-order valence-electron chi connectivity index (χ4n) is 2.30. The molecular formula is C11H12F5NO2S2. The predicted octanol–water partition coefficient (Wildman–Crippen LogP) is 3.51. The van der Waals surface area contributed by atoms with E-state index in [-0.39, 0.29) is 17.8 Å². The number of halogens is 5. The molecule has 1 unspecified atom stereocenters. The number of rotatable bonds is 4. The van der Waals surface area contributed by atoms with Crippen LogP contribution in [-0.2, 0) is 21.8 Å². The van der Waals surface area contributed by atoms with Gasteiger partial charge in [0.1, 0.15) is 10.8 Å². The largest absolute Gasteiger partial charge is 0.434 e. The molecule has 1 fully saturated rings.